The highest BCUT2D eigenvalue weighted by molar-refractivity contribution is 6.03. The van der Waals surface area contributed by atoms with Gasteiger partial charge < -0.3 is 20.1 Å². The van der Waals surface area contributed by atoms with E-state index in [0.717, 1.165) is 5.56 Å². The fraction of sp³-hybridized carbons (Fsp3) is 0.158. The molecule has 0 aliphatic heterocycles. The van der Waals surface area contributed by atoms with Gasteiger partial charge in [-0.15, -0.1) is 10.2 Å². The van der Waals surface area contributed by atoms with E-state index >= 15 is 0 Å². The number of carbonyl (C=O) groups is 1. The van der Waals surface area contributed by atoms with E-state index in [2.05, 4.69) is 25.8 Å². The first-order valence-electron chi connectivity index (χ1n) is 8.19. The van der Waals surface area contributed by atoms with Crippen LogP contribution in [-0.2, 0) is 6.54 Å². The molecule has 0 fully saturated rings. The van der Waals surface area contributed by atoms with Gasteiger partial charge in [0.1, 0.15) is 17.3 Å². The predicted molar refractivity (Wildman–Crippen MR) is 101 cm³/mol. The quantitative estimate of drug-likeness (QED) is 0.664. The number of rotatable bonds is 7. The topological polar surface area (TPSA) is 98.3 Å². The highest BCUT2D eigenvalue weighted by atomic mass is 16.5. The van der Waals surface area contributed by atoms with Crippen molar-refractivity contribution in [3.63, 3.8) is 0 Å². The second-order valence-electron chi connectivity index (χ2n) is 5.54. The third-order valence-corrected chi connectivity index (χ3v) is 3.75. The Morgan fingerprint density at radius 2 is 1.96 bits per heavy atom. The van der Waals surface area contributed by atoms with Gasteiger partial charge in [0.2, 0.25) is 0 Å². The van der Waals surface area contributed by atoms with Crippen LogP contribution in [0.25, 0.3) is 0 Å². The Bertz CT molecular complexity index is 901. The average molecular weight is 365 g/mol. The molecule has 2 heterocycles. The summed E-state index contributed by atoms with van der Waals surface area (Å²) in [6.45, 7) is 0.565. The zero-order valence-electron chi connectivity index (χ0n) is 15.0. The van der Waals surface area contributed by atoms with E-state index in [-0.39, 0.29) is 5.69 Å². The van der Waals surface area contributed by atoms with Crippen LogP contribution in [0.15, 0.2) is 54.9 Å². The number of hydrogen-bond acceptors (Lipinski definition) is 7. The van der Waals surface area contributed by atoms with E-state index in [9.17, 15) is 4.79 Å². The minimum atomic E-state index is -0.395. The van der Waals surface area contributed by atoms with Crippen molar-refractivity contribution < 1.29 is 14.3 Å². The first kappa shape index (κ1) is 18.1. The van der Waals surface area contributed by atoms with E-state index in [1.807, 2.05) is 12.1 Å². The van der Waals surface area contributed by atoms with Gasteiger partial charge in [-0.1, -0.05) is 6.07 Å². The molecule has 0 saturated heterocycles. The lowest BCUT2D eigenvalue weighted by atomic mass is 10.2. The summed E-state index contributed by atoms with van der Waals surface area (Å²) in [5, 5.41) is 13.9. The minimum Gasteiger partial charge on any atom is -0.497 e. The van der Waals surface area contributed by atoms with Gasteiger partial charge in [0.15, 0.2) is 5.69 Å². The van der Waals surface area contributed by atoms with Crippen LogP contribution in [0.3, 0.4) is 0 Å². The molecule has 0 unspecified atom stereocenters. The molecule has 1 aromatic carbocycles. The van der Waals surface area contributed by atoms with Gasteiger partial charge in [-0.3, -0.25) is 9.78 Å². The number of nitrogens with one attached hydrogen (secondary N) is 2. The number of nitrogens with zero attached hydrogens (tertiary/aromatic N) is 3. The Kier molecular flexibility index (Phi) is 5.78. The average Bonchev–Trinajstić information content (AvgIpc) is 2.73. The van der Waals surface area contributed by atoms with Gasteiger partial charge in [-0.2, -0.15) is 0 Å². The third-order valence-electron chi connectivity index (χ3n) is 3.75. The lowest BCUT2D eigenvalue weighted by Gasteiger charge is -2.11. The molecule has 0 saturated carbocycles. The second kappa shape index (κ2) is 8.61. The molecule has 0 spiro atoms. The van der Waals surface area contributed by atoms with Crippen LogP contribution in [0, 0.1) is 0 Å². The Morgan fingerprint density at radius 1 is 1.07 bits per heavy atom. The van der Waals surface area contributed by atoms with Gasteiger partial charge in [0, 0.05) is 25.0 Å². The lowest BCUT2D eigenvalue weighted by molar-refractivity contribution is 0.102. The molecule has 8 nitrogen and oxygen atoms in total. The molecular weight excluding hydrogens is 346 g/mol. The number of hydrogen-bond donors (Lipinski definition) is 2. The molecule has 138 valence electrons. The second-order valence-corrected chi connectivity index (χ2v) is 5.54. The number of pyridine rings is 1. The first-order valence-corrected chi connectivity index (χ1v) is 8.19. The maximum Gasteiger partial charge on any atom is 0.276 e. The summed E-state index contributed by atoms with van der Waals surface area (Å²) in [4.78, 5) is 16.5. The zero-order valence-corrected chi connectivity index (χ0v) is 15.0. The molecule has 2 N–H and O–H groups in total. The van der Waals surface area contributed by atoms with E-state index in [1.54, 1.807) is 49.8 Å². The van der Waals surface area contributed by atoms with Gasteiger partial charge in [0.25, 0.3) is 5.91 Å². The molecule has 0 atom stereocenters. The normalized spacial score (nSPS) is 10.1. The molecule has 0 bridgehead atoms. The summed E-state index contributed by atoms with van der Waals surface area (Å²) in [5.41, 5.74) is 1.69. The fourth-order valence-corrected chi connectivity index (χ4v) is 2.34. The van der Waals surface area contributed by atoms with Crippen LogP contribution < -0.4 is 20.1 Å². The zero-order chi connectivity index (χ0) is 19.1. The molecule has 0 radical (unpaired) electrons. The molecule has 3 rings (SSSR count). The summed E-state index contributed by atoms with van der Waals surface area (Å²) in [5.74, 6) is 1.29. The van der Waals surface area contributed by atoms with Crippen molar-refractivity contribution in [1.29, 1.82) is 0 Å². The van der Waals surface area contributed by atoms with Crippen molar-refractivity contribution in [3.05, 3.63) is 66.1 Å². The van der Waals surface area contributed by atoms with Crippen LogP contribution in [-0.4, -0.2) is 35.3 Å². The molecule has 0 aliphatic rings. The number of methoxy groups -OCH3 is 2. The molecule has 0 aliphatic carbocycles. The van der Waals surface area contributed by atoms with Gasteiger partial charge >= 0.3 is 0 Å². The molecule has 1 amide bonds. The van der Waals surface area contributed by atoms with Crippen molar-refractivity contribution in [2.45, 2.75) is 6.54 Å². The van der Waals surface area contributed by atoms with Gasteiger partial charge in [-0.25, -0.2) is 0 Å². The number of carbonyl (C=O) groups excluding carboxylic acids is 1. The SMILES string of the molecule is COc1ccc(OC)c(NC(=O)c2ccc(NCc3cccnc3)nn2)c1. The number of benzene rings is 1. The fourth-order valence-electron chi connectivity index (χ4n) is 2.34. The Labute approximate surface area is 156 Å². The van der Waals surface area contributed by atoms with Gasteiger partial charge in [0.05, 0.1) is 19.9 Å². The number of anilines is 2. The number of ether oxygens (including phenoxy) is 2. The molecular formula is C19H19N5O3. The standard InChI is InChI=1S/C19H19N5O3/c1-26-14-5-7-17(27-2)16(10-14)22-19(25)15-6-8-18(24-23-15)21-12-13-4-3-9-20-11-13/h3-11H,12H2,1-2H3,(H,21,24)(H,22,25). The van der Waals surface area contributed by atoms with Crippen molar-refractivity contribution in [3.8, 4) is 11.5 Å². The van der Waals surface area contributed by atoms with E-state index in [4.69, 9.17) is 9.47 Å². The van der Waals surface area contributed by atoms with Crippen molar-refractivity contribution >= 4 is 17.4 Å². The Balaban J connectivity index is 1.65. The van der Waals surface area contributed by atoms with Crippen LogP contribution in [0.5, 0.6) is 11.5 Å². The van der Waals surface area contributed by atoms with Crippen LogP contribution >= 0.6 is 0 Å². The number of amides is 1. The number of aromatic nitrogens is 3. The summed E-state index contributed by atoms with van der Waals surface area (Å²) in [6.07, 6.45) is 3.48. The maximum atomic E-state index is 12.4. The van der Waals surface area contributed by atoms with E-state index < -0.39 is 5.91 Å². The summed E-state index contributed by atoms with van der Waals surface area (Å²) >= 11 is 0. The van der Waals surface area contributed by atoms with Crippen LogP contribution in [0.1, 0.15) is 16.1 Å². The monoisotopic (exact) mass is 365 g/mol. The molecule has 2 aromatic heterocycles. The predicted octanol–water partition coefficient (Wildman–Crippen LogP) is 2.75. The van der Waals surface area contributed by atoms with Crippen LogP contribution in [0.4, 0.5) is 11.5 Å². The smallest absolute Gasteiger partial charge is 0.276 e. The molecule has 27 heavy (non-hydrogen) atoms. The highest BCUT2D eigenvalue weighted by Gasteiger charge is 2.13. The van der Waals surface area contributed by atoms with Crippen LogP contribution in [0.2, 0.25) is 0 Å². The van der Waals surface area contributed by atoms with E-state index in [1.165, 1.54) is 7.11 Å². The highest BCUT2D eigenvalue weighted by Crippen LogP contribution is 2.29. The maximum absolute atomic E-state index is 12.4. The summed E-state index contributed by atoms with van der Waals surface area (Å²) in [6, 6.07) is 12.2. The van der Waals surface area contributed by atoms with Crippen molar-refractivity contribution in [2.75, 3.05) is 24.9 Å². The third kappa shape index (κ3) is 4.69. The largest absolute Gasteiger partial charge is 0.497 e. The Hall–Kier alpha value is -3.68. The van der Waals surface area contributed by atoms with Gasteiger partial charge in [-0.05, 0) is 35.9 Å². The molecule has 8 heteroatoms. The summed E-state index contributed by atoms with van der Waals surface area (Å²) < 4.78 is 10.4. The Morgan fingerprint density at radius 3 is 2.63 bits per heavy atom. The minimum absolute atomic E-state index is 0.187. The lowest BCUT2D eigenvalue weighted by Crippen LogP contribution is -2.15. The molecule has 3 aromatic rings. The van der Waals surface area contributed by atoms with Crippen molar-refractivity contribution in [1.82, 2.24) is 15.2 Å². The first-order chi connectivity index (χ1) is 13.2. The van der Waals surface area contributed by atoms with Crippen molar-refractivity contribution in [2.24, 2.45) is 0 Å². The summed E-state index contributed by atoms with van der Waals surface area (Å²) in [7, 11) is 3.08. The van der Waals surface area contributed by atoms with E-state index in [0.29, 0.717) is 29.5 Å².